The number of carbonyl (C=O) groups excluding carboxylic acids is 2. The Bertz CT molecular complexity index is 951. The van der Waals surface area contributed by atoms with Crippen LogP contribution in [0.5, 0.6) is 0 Å². The molecule has 3 aromatic rings. The molecule has 0 aliphatic carbocycles. The first-order valence-electron chi connectivity index (χ1n) is 8.86. The first-order valence-corrected chi connectivity index (χ1v) is 10.2. The molecule has 0 aromatic heterocycles. The van der Waals surface area contributed by atoms with Gasteiger partial charge in [0.15, 0.2) is 5.78 Å². The van der Waals surface area contributed by atoms with E-state index < -0.39 is 0 Å². The molecule has 5 heteroatoms. The lowest BCUT2D eigenvalue weighted by atomic mass is 10.1. The maximum Gasteiger partial charge on any atom is 0.228 e. The molecule has 0 aliphatic heterocycles. The molecule has 3 rings (SSSR count). The smallest absolute Gasteiger partial charge is 0.228 e. The van der Waals surface area contributed by atoms with E-state index in [9.17, 15) is 9.59 Å². The van der Waals surface area contributed by atoms with Crippen molar-refractivity contribution in [2.75, 3.05) is 11.1 Å². The highest BCUT2D eigenvalue weighted by atomic mass is 35.5. The van der Waals surface area contributed by atoms with Crippen LogP contribution in [0, 0.1) is 6.92 Å². The molecule has 0 saturated carbocycles. The molecule has 0 atom stereocenters. The summed E-state index contributed by atoms with van der Waals surface area (Å²) in [5.41, 5.74) is 3.50. The van der Waals surface area contributed by atoms with E-state index in [1.165, 1.54) is 11.8 Å². The SMILES string of the molecule is Cc1ccc(C(=O)CSc2ccc(NC(=O)Cc3ccc(Cl)cc3)cc2)cc1. The number of benzene rings is 3. The number of aryl methyl sites for hydroxylation is 1. The van der Waals surface area contributed by atoms with Crippen LogP contribution in [0.1, 0.15) is 21.5 Å². The van der Waals surface area contributed by atoms with E-state index >= 15 is 0 Å². The van der Waals surface area contributed by atoms with Crippen molar-refractivity contribution >= 4 is 40.7 Å². The number of hydrogen-bond acceptors (Lipinski definition) is 3. The largest absolute Gasteiger partial charge is 0.326 e. The van der Waals surface area contributed by atoms with Crippen molar-refractivity contribution in [1.82, 2.24) is 0 Å². The van der Waals surface area contributed by atoms with Gasteiger partial charge in [0.2, 0.25) is 5.91 Å². The highest BCUT2D eigenvalue weighted by molar-refractivity contribution is 8.00. The van der Waals surface area contributed by atoms with Gasteiger partial charge in [0, 0.05) is 21.2 Å². The van der Waals surface area contributed by atoms with Gasteiger partial charge in [-0.25, -0.2) is 0 Å². The average Bonchev–Trinajstić information content (AvgIpc) is 2.69. The Morgan fingerprint density at radius 1 is 0.893 bits per heavy atom. The molecule has 0 heterocycles. The third-order valence-corrected chi connectivity index (χ3v) is 5.42. The summed E-state index contributed by atoms with van der Waals surface area (Å²) in [6, 6.07) is 22.3. The number of anilines is 1. The van der Waals surface area contributed by atoms with Crippen LogP contribution in [0.15, 0.2) is 77.7 Å². The van der Waals surface area contributed by atoms with E-state index in [1.54, 1.807) is 12.1 Å². The average molecular weight is 410 g/mol. The molecular formula is C23H20ClNO2S. The summed E-state index contributed by atoms with van der Waals surface area (Å²) in [6.07, 6.45) is 0.290. The minimum atomic E-state index is -0.0859. The predicted molar refractivity (Wildman–Crippen MR) is 116 cm³/mol. The van der Waals surface area contributed by atoms with Crippen LogP contribution in [-0.4, -0.2) is 17.4 Å². The third-order valence-electron chi connectivity index (χ3n) is 4.16. The molecular weight excluding hydrogens is 390 g/mol. The van der Waals surface area contributed by atoms with Gasteiger partial charge in [0.05, 0.1) is 12.2 Å². The fraction of sp³-hybridized carbons (Fsp3) is 0.130. The molecule has 0 aliphatic rings. The van der Waals surface area contributed by atoms with Gasteiger partial charge in [-0.1, -0.05) is 53.6 Å². The second-order valence-electron chi connectivity index (χ2n) is 6.45. The monoisotopic (exact) mass is 409 g/mol. The molecule has 0 fully saturated rings. The van der Waals surface area contributed by atoms with Crippen molar-refractivity contribution in [2.24, 2.45) is 0 Å². The Morgan fingerprint density at radius 2 is 1.54 bits per heavy atom. The van der Waals surface area contributed by atoms with E-state index in [0.29, 0.717) is 17.2 Å². The van der Waals surface area contributed by atoms with Gasteiger partial charge in [0.25, 0.3) is 0 Å². The lowest BCUT2D eigenvalue weighted by molar-refractivity contribution is -0.115. The van der Waals surface area contributed by atoms with E-state index in [2.05, 4.69) is 5.32 Å². The zero-order valence-electron chi connectivity index (χ0n) is 15.4. The molecule has 28 heavy (non-hydrogen) atoms. The van der Waals surface area contributed by atoms with Gasteiger partial charge in [-0.3, -0.25) is 9.59 Å². The topological polar surface area (TPSA) is 46.2 Å². The van der Waals surface area contributed by atoms with E-state index in [-0.39, 0.29) is 11.7 Å². The maximum atomic E-state index is 12.3. The molecule has 0 saturated heterocycles. The summed E-state index contributed by atoms with van der Waals surface area (Å²) < 4.78 is 0. The summed E-state index contributed by atoms with van der Waals surface area (Å²) in [4.78, 5) is 25.4. The maximum absolute atomic E-state index is 12.3. The number of rotatable bonds is 7. The van der Waals surface area contributed by atoms with Gasteiger partial charge in [-0.2, -0.15) is 0 Å². The number of ketones is 1. The summed E-state index contributed by atoms with van der Waals surface area (Å²) in [5.74, 6) is 0.397. The Morgan fingerprint density at radius 3 is 2.18 bits per heavy atom. The highest BCUT2D eigenvalue weighted by Gasteiger charge is 2.08. The molecule has 0 bridgehead atoms. The number of amides is 1. The molecule has 0 radical (unpaired) electrons. The van der Waals surface area contributed by atoms with E-state index in [0.717, 1.165) is 27.3 Å². The zero-order valence-corrected chi connectivity index (χ0v) is 17.0. The van der Waals surface area contributed by atoms with Crippen LogP contribution in [0.3, 0.4) is 0 Å². The standard InChI is InChI=1S/C23H20ClNO2S/c1-16-2-6-18(7-3-16)22(26)15-28-21-12-10-20(11-13-21)25-23(27)14-17-4-8-19(24)9-5-17/h2-13H,14-15H2,1H3,(H,25,27). The normalized spacial score (nSPS) is 10.5. The zero-order chi connectivity index (χ0) is 19.9. The lowest BCUT2D eigenvalue weighted by Gasteiger charge is -2.07. The van der Waals surface area contributed by atoms with Gasteiger partial charge in [-0.05, 0) is 48.9 Å². The van der Waals surface area contributed by atoms with Gasteiger partial charge >= 0.3 is 0 Å². The highest BCUT2D eigenvalue weighted by Crippen LogP contribution is 2.22. The molecule has 142 valence electrons. The summed E-state index contributed by atoms with van der Waals surface area (Å²) in [5, 5.41) is 3.53. The number of halogens is 1. The van der Waals surface area contributed by atoms with Gasteiger partial charge in [0.1, 0.15) is 0 Å². The second-order valence-corrected chi connectivity index (χ2v) is 7.94. The van der Waals surface area contributed by atoms with E-state index in [1.807, 2.05) is 67.6 Å². The second kappa shape index (κ2) is 9.58. The Balaban J connectivity index is 1.50. The van der Waals surface area contributed by atoms with Crippen molar-refractivity contribution in [3.63, 3.8) is 0 Å². The van der Waals surface area contributed by atoms with Crippen LogP contribution in [-0.2, 0) is 11.2 Å². The minimum absolute atomic E-state index is 0.0859. The molecule has 3 nitrogen and oxygen atoms in total. The van der Waals surface area contributed by atoms with Crippen molar-refractivity contribution in [2.45, 2.75) is 18.2 Å². The first-order chi connectivity index (χ1) is 13.5. The number of Topliss-reactive ketones (excluding diaryl/α,β-unsaturated/α-hetero) is 1. The number of hydrogen-bond donors (Lipinski definition) is 1. The Labute approximate surface area is 174 Å². The summed E-state index contributed by atoms with van der Waals surface area (Å²) in [7, 11) is 0. The Kier molecular flexibility index (Phi) is 6.90. The molecule has 1 N–H and O–H groups in total. The van der Waals surface area contributed by atoms with Crippen LogP contribution in [0.25, 0.3) is 0 Å². The molecule has 0 unspecified atom stereocenters. The predicted octanol–water partition coefficient (Wildman–Crippen LogP) is 5.80. The van der Waals surface area contributed by atoms with Crippen LogP contribution >= 0.6 is 23.4 Å². The van der Waals surface area contributed by atoms with Crippen molar-refractivity contribution in [1.29, 1.82) is 0 Å². The quantitative estimate of drug-likeness (QED) is 0.396. The fourth-order valence-corrected chi connectivity index (χ4v) is 3.52. The van der Waals surface area contributed by atoms with Gasteiger partial charge in [-0.15, -0.1) is 11.8 Å². The van der Waals surface area contributed by atoms with E-state index in [4.69, 9.17) is 11.6 Å². The van der Waals surface area contributed by atoms with Crippen LogP contribution in [0.4, 0.5) is 5.69 Å². The van der Waals surface area contributed by atoms with Gasteiger partial charge < -0.3 is 5.32 Å². The van der Waals surface area contributed by atoms with Crippen LogP contribution in [0.2, 0.25) is 5.02 Å². The summed E-state index contributed by atoms with van der Waals surface area (Å²) >= 11 is 7.34. The van der Waals surface area contributed by atoms with Crippen LogP contribution < -0.4 is 5.32 Å². The van der Waals surface area contributed by atoms with Crippen molar-refractivity contribution in [3.8, 4) is 0 Å². The molecule has 1 amide bonds. The third kappa shape index (κ3) is 5.98. The number of thioether (sulfide) groups is 1. The first kappa shape index (κ1) is 20.2. The number of nitrogens with one attached hydrogen (secondary N) is 1. The minimum Gasteiger partial charge on any atom is -0.326 e. The molecule has 0 spiro atoms. The lowest BCUT2D eigenvalue weighted by Crippen LogP contribution is -2.14. The fourth-order valence-electron chi connectivity index (χ4n) is 2.60. The number of carbonyl (C=O) groups is 2. The van der Waals surface area contributed by atoms with Crippen molar-refractivity contribution < 1.29 is 9.59 Å². The summed E-state index contributed by atoms with van der Waals surface area (Å²) in [6.45, 7) is 2.00. The molecule has 3 aromatic carbocycles. The van der Waals surface area contributed by atoms with Crippen molar-refractivity contribution in [3.05, 3.63) is 94.5 Å². The Hall–Kier alpha value is -2.56.